The van der Waals surface area contributed by atoms with Crippen LogP contribution >= 0.6 is 0 Å². The van der Waals surface area contributed by atoms with Crippen molar-refractivity contribution in [1.82, 2.24) is 10.6 Å². The molecule has 11 nitrogen and oxygen atoms in total. The summed E-state index contributed by atoms with van der Waals surface area (Å²) in [5.41, 5.74) is 1.52. The predicted octanol–water partition coefficient (Wildman–Crippen LogP) is -0.122. The van der Waals surface area contributed by atoms with Gasteiger partial charge in [0.15, 0.2) is 0 Å². The maximum Gasteiger partial charge on any atom is 0.338 e. The normalized spacial score (nSPS) is 21.2. The third kappa shape index (κ3) is 7.89. The van der Waals surface area contributed by atoms with Crippen molar-refractivity contribution >= 4 is 23.9 Å². The molecule has 1 fully saturated rings. The first-order chi connectivity index (χ1) is 17.0. The quantitative estimate of drug-likeness (QED) is 0.178. The highest BCUT2D eigenvalue weighted by Gasteiger charge is 2.42. The monoisotopic (exact) mass is 490 g/mol. The fourth-order valence-corrected chi connectivity index (χ4v) is 3.59. The Morgan fingerprint density at radius 3 is 2.60 bits per heavy atom. The topological polar surface area (TPSA) is 153 Å². The highest BCUT2D eigenvalue weighted by atomic mass is 16.7. The molecule has 4 N–H and O–H groups in total. The van der Waals surface area contributed by atoms with Crippen molar-refractivity contribution < 1.29 is 43.5 Å². The fraction of sp³-hybridized carbons (Fsp3) is 0.458. The predicted molar refractivity (Wildman–Crippen MR) is 123 cm³/mol. The Bertz CT molecular complexity index is 929. The maximum absolute atomic E-state index is 12.8. The van der Waals surface area contributed by atoms with Crippen LogP contribution in [0.2, 0.25) is 0 Å². The zero-order chi connectivity index (χ0) is 25.0. The molecule has 3 rings (SSSR count). The van der Waals surface area contributed by atoms with Gasteiger partial charge in [-0.3, -0.25) is 9.59 Å². The molecule has 2 amide bonds. The van der Waals surface area contributed by atoms with E-state index in [1.54, 1.807) is 36.4 Å². The van der Waals surface area contributed by atoms with Gasteiger partial charge in [-0.15, -0.1) is 0 Å². The van der Waals surface area contributed by atoms with Crippen molar-refractivity contribution in [2.45, 2.75) is 31.2 Å². The summed E-state index contributed by atoms with van der Waals surface area (Å²) < 4.78 is 21.9. The molecule has 190 valence electrons. The van der Waals surface area contributed by atoms with E-state index in [4.69, 9.17) is 29.2 Å². The molecule has 0 aromatic heterocycles. The van der Waals surface area contributed by atoms with E-state index in [9.17, 15) is 14.4 Å². The molecular formula is C24H30N2O9. The molecule has 1 aromatic rings. The molecule has 1 heterocycles. The van der Waals surface area contributed by atoms with E-state index in [-0.39, 0.29) is 64.4 Å². The second kappa shape index (κ2) is 13.6. The average molecular weight is 491 g/mol. The van der Waals surface area contributed by atoms with Crippen LogP contribution in [0.5, 0.6) is 0 Å². The summed E-state index contributed by atoms with van der Waals surface area (Å²) in [5.74, 6) is -1.22. The second-order valence-electron chi connectivity index (χ2n) is 7.82. The molecule has 35 heavy (non-hydrogen) atoms. The fourth-order valence-electron chi connectivity index (χ4n) is 3.59. The van der Waals surface area contributed by atoms with Crippen molar-refractivity contribution in [3.63, 3.8) is 0 Å². The third-order valence-electron chi connectivity index (χ3n) is 5.33. The summed E-state index contributed by atoms with van der Waals surface area (Å²) in [6.07, 6.45) is 3.26. The summed E-state index contributed by atoms with van der Waals surface area (Å²) in [4.78, 5) is 37.0. The van der Waals surface area contributed by atoms with Crippen LogP contribution in [0.25, 0.3) is 6.08 Å². The SMILES string of the molecule is O=C(CCNC(=O)C1=CC2OCOC2C(OC(=O)c2ccc(C=COCCO)cc2)C1)NCCO. The van der Waals surface area contributed by atoms with Crippen molar-refractivity contribution in [2.24, 2.45) is 0 Å². The first-order valence-electron chi connectivity index (χ1n) is 11.3. The molecule has 1 aliphatic carbocycles. The number of hydrogen-bond donors (Lipinski definition) is 4. The molecule has 11 heteroatoms. The molecule has 2 aliphatic rings. The number of aliphatic hydroxyl groups excluding tert-OH is 2. The number of aliphatic hydroxyl groups is 2. The zero-order valence-electron chi connectivity index (χ0n) is 19.2. The van der Waals surface area contributed by atoms with Crippen LogP contribution in [0.15, 0.2) is 42.2 Å². The summed E-state index contributed by atoms with van der Waals surface area (Å²) in [6, 6.07) is 6.69. The van der Waals surface area contributed by atoms with E-state index in [0.717, 1.165) is 5.56 Å². The van der Waals surface area contributed by atoms with Gasteiger partial charge in [0.1, 0.15) is 31.7 Å². The van der Waals surface area contributed by atoms with Crippen LogP contribution in [-0.2, 0) is 28.5 Å². The first-order valence-corrected chi connectivity index (χ1v) is 11.3. The minimum absolute atomic E-state index is 0.0270. The van der Waals surface area contributed by atoms with E-state index in [1.807, 2.05) is 0 Å². The summed E-state index contributed by atoms with van der Waals surface area (Å²) in [5, 5.41) is 22.6. The molecule has 3 unspecified atom stereocenters. The smallest absolute Gasteiger partial charge is 0.338 e. The van der Waals surface area contributed by atoms with Crippen molar-refractivity contribution in [3.8, 4) is 0 Å². The number of fused-ring (bicyclic) bond motifs is 1. The lowest BCUT2D eigenvalue weighted by molar-refractivity contribution is -0.121. The number of amides is 2. The lowest BCUT2D eigenvalue weighted by atomic mass is 9.91. The van der Waals surface area contributed by atoms with E-state index < -0.39 is 24.3 Å². The number of nitrogens with one attached hydrogen (secondary N) is 2. The van der Waals surface area contributed by atoms with Gasteiger partial charge >= 0.3 is 5.97 Å². The van der Waals surface area contributed by atoms with Crippen molar-refractivity contribution in [2.75, 3.05) is 39.7 Å². The van der Waals surface area contributed by atoms with Gasteiger partial charge in [-0.1, -0.05) is 12.1 Å². The summed E-state index contributed by atoms with van der Waals surface area (Å²) >= 11 is 0. The van der Waals surface area contributed by atoms with Gasteiger partial charge in [0, 0.05) is 31.5 Å². The number of carbonyl (C=O) groups is 3. The molecule has 3 atom stereocenters. The first kappa shape index (κ1) is 26.4. The van der Waals surface area contributed by atoms with Gasteiger partial charge in [0.2, 0.25) is 11.8 Å². The minimum Gasteiger partial charge on any atom is -0.499 e. The number of carbonyl (C=O) groups excluding carboxylic acids is 3. The van der Waals surface area contributed by atoms with Gasteiger partial charge < -0.3 is 39.8 Å². The van der Waals surface area contributed by atoms with E-state index >= 15 is 0 Å². The van der Waals surface area contributed by atoms with E-state index in [2.05, 4.69) is 10.6 Å². The molecule has 0 radical (unpaired) electrons. The zero-order valence-corrected chi connectivity index (χ0v) is 19.2. The van der Waals surface area contributed by atoms with Crippen LogP contribution in [0.4, 0.5) is 0 Å². The number of hydrogen-bond acceptors (Lipinski definition) is 9. The Labute approximate surface area is 202 Å². The molecule has 1 aliphatic heterocycles. The highest BCUT2D eigenvalue weighted by Crippen LogP contribution is 2.30. The third-order valence-corrected chi connectivity index (χ3v) is 5.33. The van der Waals surface area contributed by atoms with Crippen LogP contribution in [0.1, 0.15) is 28.8 Å². The van der Waals surface area contributed by atoms with E-state index in [0.29, 0.717) is 11.1 Å². The number of ether oxygens (including phenoxy) is 4. The van der Waals surface area contributed by atoms with Gasteiger partial charge in [-0.05, 0) is 29.8 Å². The number of esters is 1. The number of benzene rings is 1. The molecule has 0 bridgehead atoms. The Kier molecular flexibility index (Phi) is 10.2. The van der Waals surface area contributed by atoms with Gasteiger partial charge in [0.05, 0.1) is 25.0 Å². The Balaban J connectivity index is 1.56. The highest BCUT2D eigenvalue weighted by molar-refractivity contribution is 5.94. The lowest BCUT2D eigenvalue weighted by Crippen LogP contribution is -2.43. The van der Waals surface area contributed by atoms with Gasteiger partial charge in [0.25, 0.3) is 0 Å². The maximum atomic E-state index is 12.8. The molecule has 0 saturated carbocycles. The second-order valence-corrected chi connectivity index (χ2v) is 7.82. The Morgan fingerprint density at radius 1 is 1.06 bits per heavy atom. The van der Waals surface area contributed by atoms with Crippen molar-refractivity contribution in [3.05, 3.63) is 53.3 Å². The van der Waals surface area contributed by atoms with Crippen LogP contribution in [0.3, 0.4) is 0 Å². The molecule has 1 aromatic carbocycles. The molecule has 1 saturated heterocycles. The minimum atomic E-state index is -0.722. The Hall–Kier alpha value is -3.25. The van der Waals surface area contributed by atoms with Crippen LogP contribution < -0.4 is 10.6 Å². The molecular weight excluding hydrogens is 460 g/mol. The van der Waals surface area contributed by atoms with Crippen LogP contribution in [0, 0.1) is 0 Å². The standard InChI is InChI=1S/C24H30N2O9/c27-9-8-25-21(29)5-7-26-23(30)18-13-19-22(34-15-33-19)20(14-18)35-24(31)17-3-1-16(2-4-17)6-11-32-12-10-28/h1-4,6,11,13,19-20,22,27-28H,5,7-10,12,14-15H2,(H,25,29)(H,26,30). The summed E-state index contributed by atoms with van der Waals surface area (Å²) in [7, 11) is 0. The average Bonchev–Trinajstić information content (AvgIpc) is 3.35. The lowest BCUT2D eigenvalue weighted by Gasteiger charge is -2.30. The van der Waals surface area contributed by atoms with E-state index in [1.165, 1.54) is 6.26 Å². The van der Waals surface area contributed by atoms with Gasteiger partial charge in [-0.2, -0.15) is 0 Å². The molecule has 0 spiro atoms. The van der Waals surface area contributed by atoms with Crippen molar-refractivity contribution in [1.29, 1.82) is 0 Å². The Morgan fingerprint density at radius 2 is 1.86 bits per heavy atom. The number of rotatable bonds is 12. The van der Waals surface area contributed by atoms with Crippen LogP contribution in [-0.4, -0.2) is 86.0 Å². The largest absolute Gasteiger partial charge is 0.499 e. The summed E-state index contributed by atoms with van der Waals surface area (Å²) in [6.45, 7) is 0.272. The van der Waals surface area contributed by atoms with Gasteiger partial charge in [-0.25, -0.2) is 4.79 Å².